The quantitative estimate of drug-likeness (QED) is 0.471. The molecule has 0 aliphatic carbocycles. The van der Waals surface area contributed by atoms with E-state index in [1.54, 1.807) is 12.4 Å². The second-order valence-electron chi connectivity index (χ2n) is 1.98. The van der Waals surface area contributed by atoms with E-state index in [1.807, 2.05) is 24.3 Å². The Bertz CT molecular complexity index is 191. The maximum Gasteiger partial charge on any atom is 0.124 e. The number of quaternary nitrogens is 1. The van der Waals surface area contributed by atoms with Crippen LogP contribution < -0.4 is 10.1 Å². The maximum absolute atomic E-state index is 5.01. The average Bonchev–Trinajstić information content (AvgIpc) is 2.05. The molecule has 0 saturated carbocycles. The molecule has 0 aliphatic rings. The molecule has 0 amide bonds. The second-order valence-corrected chi connectivity index (χ2v) is 1.98. The maximum atomic E-state index is 5.01. The largest absolute Gasteiger partial charge is 0.497 e. The summed E-state index contributed by atoms with van der Waals surface area (Å²) in [6.45, 7) is 0. The standard InChI is InChI=1S/C8H11NO/c1-9-7-4-3-5-8(6-7)10-2/h3-6H,1,9H2,2H3. The van der Waals surface area contributed by atoms with Gasteiger partial charge < -0.3 is 10.1 Å². The predicted octanol–water partition coefficient (Wildman–Crippen LogP) is 0.682. The summed E-state index contributed by atoms with van der Waals surface area (Å²) < 4.78 is 5.01. The van der Waals surface area contributed by atoms with Crippen LogP contribution in [-0.4, -0.2) is 7.11 Å². The summed E-state index contributed by atoms with van der Waals surface area (Å²) >= 11 is 0. The van der Waals surface area contributed by atoms with Gasteiger partial charge in [-0.15, -0.1) is 7.05 Å². The SMILES string of the molecule is [CH2-][NH2+]c1cccc(OC)c1. The monoisotopic (exact) mass is 137 g/mol. The Balaban J connectivity index is 2.87. The normalized spacial score (nSPS) is 9.40. The van der Waals surface area contributed by atoms with E-state index in [0.29, 0.717) is 0 Å². The molecule has 1 rings (SSSR count). The van der Waals surface area contributed by atoms with Gasteiger partial charge in [0.2, 0.25) is 0 Å². The highest BCUT2D eigenvalue weighted by molar-refractivity contribution is 5.36. The topological polar surface area (TPSA) is 25.8 Å². The third-order valence-electron chi connectivity index (χ3n) is 1.33. The Hall–Kier alpha value is -1.02. The molecule has 2 nitrogen and oxygen atoms in total. The van der Waals surface area contributed by atoms with Gasteiger partial charge in [0.15, 0.2) is 0 Å². The molecule has 0 aromatic heterocycles. The number of hydrogen-bond acceptors (Lipinski definition) is 1. The first-order valence-electron chi connectivity index (χ1n) is 3.13. The van der Waals surface area contributed by atoms with E-state index in [2.05, 4.69) is 7.05 Å². The summed E-state index contributed by atoms with van der Waals surface area (Å²) in [6.07, 6.45) is 0. The summed E-state index contributed by atoms with van der Waals surface area (Å²) in [5.41, 5.74) is 1.08. The molecule has 0 unspecified atom stereocenters. The molecule has 0 spiro atoms. The molecular formula is C8H11NO. The van der Waals surface area contributed by atoms with Crippen LogP contribution in [0, 0.1) is 7.05 Å². The molecule has 0 saturated heterocycles. The lowest BCUT2D eigenvalue weighted by atomic mass is 10.3. The number of benzene rings is 1. The molecule has 0 atom stereocenters. The molecule has 0 aliphatic heterocycles. The van der Waals surface area contributed by atoms with Crippen molar-refractivity contribution in [3.63, 3.8) is 0 Å². The highest BCUT2D eigenvalue weighted by atomic mass is 16.5. The fourth-order valence-electron chi connectivity index (χ4n) is 0.768. The van der Waals surface area contributed by atoms with Crippen molar-refractivity contribution in [3.05, 3.63) is 31.3 Å². The fourth-order valence-corrected chi connectivity index (χ4v) is 0.768. The van der Waals surface area contributed by atoms with Crippen molar-refractivity contribution in [2.75, 3.05) is 7.11 Å². The molecule has 0 fully saturated rings. The highest BCUT2D eigenvalue weighted by Crippen LogP contribution is 2.12. The minimum absolute atomic E-state index is 0.873. The molecule has 1 aromatic carbocycles. The zero-order valence-corrected chi connectivity index (χ0v) is 6.00. The molecular weight excluding hydrogens is 126 g/mol. The number of nitrogens with two attached hydrogens (primary N) is 1. The Kier molecular flexibility index (Phi) is 2.29. The average molecular weight is 137 g/mol. The Morgan fingerprint density at radius 3 is 2.90 bits per heavy atom. The third-order valence-corrected chi connectivity index (χ3v) is 1.33. The van der Waals surface area contributed by atoms with Gasteiger partial charge in [0.25, 0.3) is 0 Å². The minimum atomic E-state index is 0.873. The van der Waals surface area contributed by atoms with Crippen LogP contribution in [0.1, 0.15) is 0 Å². The molecule has 0 radical (unpaired) electrons. The summed E-state index contributed by atoms with van der Waals surface area (Å²) in [7, 11) is 5.31. The van der Waals surface area contributed by atoms with Crippen LogP contribution in [0.15, 0.2) is 24.3 Å². The zero-order chi connectivity index (χ0) is 7.40. The number of rotatable bonds is 2. The van der Waals surface area contributed by atoms with Crippen molar-refractivity contribution in [1.82, 2.24) is 0 Å². The summed E-state index contributed by atoms with van der Waals surface area (Å²) in [5, 5.41) is 1.79. The van der Waals surface area contributed by atoms with Gasteiger partial charge >= 0.3 is 0 Å². The molecule has 0 bridgehead atoms. The van der Waals surface area contributed by atoms with Crippen molar-refractivity contribution in [1.29, 1.82) is 0 Å². The lowest BCUT2D eigenvalue weighted by Gasteiger charge is -2.01. The first kappa shape index (κ1) is 7.09. The molecule has 1 aromatic rings. The Labute approximate surface area is 60.8 Å². The van der Waals surface area contributed by atoms with Crippen molar-refractivity contribution in [2.45, 2.75) is 0 Å². The Morgan fingerprint density at radius 1 is 1.50 bits per heavy atom. The van der Waals surface area contributed by atoms with E-state index < -0.39 is 0 Å². The first-order chi connectivity index (χ1) is 4.86. The minimum Gasteiger partial charge on any atom is -0.497 e. The van der Waals surface area contributed by atoms with E-state index in [1.165, 1.54) is 0 Å². The lowest BCUT2D eigenvalue weighted by molar-refractivity contribution is -0.504. The molecule has 54 valence electrons. The highest BCUT2D eigenvalue weighted by Gasteiger charge is 1.91. The van der Waals surface area contributed by atoms with E-state index in [-0.39, 0.29) is 0 Å². The van der Waals surface area contributed by atoms with Gasteiger partial charge in [-0.2, -0.15) is 0 Å². The van der Waals surface area contributed by atoms with Crippen LogP contribution in [0.4, 0.5) is 5.69 Å². The predicted molar refractivity (Wildman–Crippen MR) is 39.9 cm³/mol. The van der Waals surface area contributed by atoms with Crippen LogP contribution in [0.25, 0.3) is 0 Å². The molecule has 10 heavy (non-hydrogen) atoms. The summed E-state index contributed by atoms with van der Waals surface area (Å²) in [5.74, 6) is 0.873. The zero-order valence-electron chi connectivity index (χ0n) is 6.00. The lowest BCUT2D eigenvalue weighted by Crippen LogP contribution is -2.69. The molecule has 2 N–H and O–H groups in total. The molecule has 2 heteroatoms. The van der Waals surface area contributed by atoms with E-state index >= 15 is 0 Å². The third kappa shape index (κ3) is 1.48. The van der Waals surface area contributed by atoms with Crippen molar-refractivity contribution < 1.29 is 10.1 Å². The van der Waals surface area contributed by atoms with Crippen LogP contribution in [-0.2, 0) is 0 Å². The smallest absolute Gasteiger partial charge is 0.124 e. The van der Waals surface area contributed by atoms with Gasteiger partial charge in [0.1, 0.15) is 11.4 Å². The van der Waals surface area contributed by atoms with Crippen LogP contribution in [0.5, 0.6) is 5.75 Å². The van der Waals surface area contributed by atoms with Gasteiger partial charge in [-0.1, -0.05) is 6.07 Å². The summed E-state index contributed by atoms with van der Waals surface area (Å²) in [4.78, 5) is 0. The first-order valence-corrected chi connectivity index (χ1v) is 3.13. The van der Waals surface area contributed by atoms with E-state index in [0.717, 1.165) is 11.4 Å². The van der Waals surface area contributed by atoms with Gasteiger partial charge in [-0.25, -0.2) is 0 Å². The van der Waals surface area contributed by atoms with Crippen LogP contribution in [0.3, 0.4) is 0 Å². The van der Waals surface area contributed by atoms with Crippen molar-refractivity contribution in [2.24, 2.45) is 0 Å². The number of hydrogen-bond donors (Lipinski definition) is 1. The van der Waals surface area contributed by atoms with E-state index in [4.69, 9.17) is 4.74 Å². The van der Waals surface area contributed by atoms with Gasteiger partial charge in [-0.05, 0) is 12.1 Å². The van der Waals surface area contributed by atoms with Crippen LogP contribution in [0.2, 0.25) is 0 Å². The molecule has 0 heterocycles. The van der Waals surface area contributed by atoms with Crippen LogP contribution >= 0.6 is 0 Å². The van der Waals surface area contributed by atoms with Gasteiger partial charge in [0.05, 0.1) is 7.11 Å². The Morgan fingerprint density at radius 2 is 2.30 bits per heavy atom. The van der Waals surface area contributed by atoms with Crippen molar-refractivity contribution >= 4 is 5.69 Å². The van der Waals surface area contributed by atoms with Gasteiger partial charge in [0, 0.05) is 6.07 Å². The number of methoxy groups -OCH3 is 1. The van der Waals surface area contributed by atoms with E-state index in [9.17, 15) is 0 Å². The van der Waals surface area contributed by atoms with Gasteiger partial charge in [-0.3, -0.25) is 0 Å². The second kappa shape index (κ2) is 3.22. The fraction of sp³-hybridized carbons (Fsp3) is 0.125. The summed E-state index contributed by atoms with van der Waals surface area (Å²) in [6, 6.07) is 7.77. The number of ether oxygens (including phenoxy) is 1. The van der Waals surface area contributed by atoms with Crippen molar-refractivity contribution in [3.8, 4) is 5.75 Å².